The molecule has 7 nitrogen and oxygen atoms in total. The highest BCUT2D eigenvalue weighted by Gasteiger charge is 2.23. The van der Waals surface area contributed by atoms with Gasteiger partial charge in [0.25, 0.3) is 0 Å². The second-order valence-electron chi connectivity index (χ2n) is 8.04. The van der Waals surface area contributed by atoms with E-state index < -0.39 is 10.0 Å². The van der Waals surface area contributed by atoms with Crippen LogP contribution in [0.15, 0.2) is 53.4 Å². The van der Waals surface area contributed by atoms with Gasteiger partial charge in [0.05, 0.1) is 18.0 Å². The molecule has 0 spiro atoms. The molecule has 9 heteroatoms. The van der Waals surface area contributed by atoms with E-state index in [2.05, 4.69) is 27.7 Å². The molecule has 32 heavy (non-hydrogen) atoms. The van der Waals surface area contributed by atoms with E-state index in [0.29, 0.717) is 17.3 Å². The SMILES string of the molecule is COc1ccc(C(CNC(=S)Nc2cccc(S(=O)(=O)N(C)C)c2)N2CCCCC2)cc1. The number of nitrogens with zero attached hydrogens (tertiary/aromatic N) is 2. The van der Waals surface area contributed by atoms with Crippen LogP contribution in [-0.2, 0) is 10.0 Å². The van der Waals surface area contributed by atoms with Crippen LogP contribution in [0.5, 0.6) is 5.75 Å². The van der Waals surface area contributed by atoms with E-state index in [1.807, 2.05) is 12.1 Å². The van der Waals surface area contributed by atoms with E-state index in [1.165, 1.54) is 43.2 Å². The first kappa shape index (κ1) is 24.4. The second kappa shape index (κ2) is 11.1. The van der Waals surface area contributed by atoms with Crippen molar-refractivity contribution in [2.75, 3.05) is 46.2 Å². The van der Waals surface area contributed by atoms with E-state index in [4.69, 9.17) is 17.0 Å². The van der Waals surface area contributed by atoms with E-state index in [9.17, 15) is 8.42 Å². The number of benzene rings is 2. The van der Waals surface area contributed by atoms with Gasteiger partial charge in [-0.05, 0) is 74.0 Å². The Balaban J connectivity index is 1.68. The van der Waals surface area contributed by atoms with Gasteiger partial charge in [-0.25, -0.2) is 12.7 Å². The van der Waals surface area contributed by atoms with Gasteiger partial charge >= 0.3 is 0 Å². The van der Waals surface area contributed by atoms with Crippen molar-refractivity contribution < 1.29 is 13.2 Å². The minimum Gasteiger partial charge on any atom is -0.497 e. The van der Waals surface area contributed by atoms with Crippen molar-refractivity contribution in [1.82, 2.24) is 14.5 Å². The lowest BCUT2D eigenvalue weighted by Gasteiger charge is -2.35. The summed E-state index contributed by atoms with van der Waals surface area (Å²) >= 11 is 5.51. The third kappa shape index (κ3) is 6.19. The molecule has 0 aromatic heterocycles. The lowest BCUT2D eigenvalue weighted by atomic mass is 10.0. The van der Waals surface area contributed by atoms with Crippen LogP contribution in [0, 0.1) is 0 Å². The van der Waals surface area contributed by atoms with Gasteiger partial charge in [-0.3, -0.25) is 4.90 Å². The fraction of sp³-hybridized carbons (Fsp3) is 0.435. The zero-order chi connectivity index (χ0) is 23.1. The van der Waals surface area contributed by atoms with Gasteiger partial charge in [-0.2, -0.15) is 0 Å². The molecule has 174 valence electrons. The molecule has 0 saturated carbocycles. The summed E-state index contributed by atoms with van der Waals surface area (Å²) < 4.78 is 31.3. The molecule has 0 radical (unpaired) electrons. The number of nitrogens with one attached hydrogen (secondary N) is 2. The third-order valence-electron chi connectivity index (χ3n) is 5.66. The second-order valence-corrected chi connectivity index (χ2v) is 10.6. The fourth-order valence-electron chi connectivity index (χ4n) is 3.82. The summed E-state index contributed by atoms with van der Waals surface area (Å²) in [5.41, 5.74) is 1.84. The largest absolute Gasteiger partial charge is 0.497 e. The summed E-state index contributed by atoms with van der Waals surface area (Å²) in [6, 6.07) is 15.0. The molecule has 1 aliphatic rings. The number of likely N-dealkylation sites (tertiary alicyclic amines) is 1. The Morgan fingerprint density at radius 1 is 1.12 bits per heavy atom. The molecule has 1 aliphatic heterocycles. The third-order valence-corrected chi connectivity index (χ3v) is 7.72. The topological polar surface area (TPSA) is 73.9 Å². The number of anilines is 1. The summed E-state index contributed by atoms with van der Waals surface area (Å²) in [5, 5.41) is 6.90. The summed E-state index contributed by atoms with van der Waals surface area (Å²) in [4.78, 5) is 2.71. The van der Waals surface area contributed by atoms with Crippen molar-refractivity contribution in [1.29, 1.82) is 0 Å². The Hall–Kier alpha value is -2.20. The molecule has 0 amide bonds. The number of sulfonamides is 1. The standard InChI is InChI=1S/C23H32N4O3S2/c1-26(2)32(28,29)21-9-7-8-19(16-21)25-23(31)24-17-22(27-14-5-4-6-15-27)18-10-12-20(30-3)13-11-18/h7-13,16,22H,4-6,14-15,17H2,1-3H3,(H2,24,25,31). The van der Waals surface area contributed by atoms with Crippen molar-refractivity contribution in [2.24, 2.45) is 0 Å². The van der Waals surface area contributed by atoms with Crippen LogP contribution in [0.1, 0.15) is 30.9 Å². The van der Waals surface area contributed by atoms with Crippen LogP contribution in [0.4, 0.5) is 5.69 Å². The maximum atomic E-state index is 12.4. The van der Waals surface area contributed by atoms with Gasteiger partial charge in [-0.1, -0.05) is 24.6 Å². The van der Waals surface area contributed by atoms with Crippen molar-refractivity contribution >= 4 is 33.0 Å². The Morgan fingerprint density at radius 2 is 1.81 bits per heavy atom. The molecule has 2 aromatic carbocycles. The molecular formula is C23H32N4O3S2. The molecule has 0 aliphatic carbocycles. The first-order chi connectivity index (χ1) is 15.3. The molecule has 2 N–H and O–H groups in total. The predicted octanol–water partition coefficient (Wildman–Crippen LogP) is 3.46. The fourth-order valence-corrected chi connectivity index (χ4v) is 4.97. The number of hydrogen-bond acceptors (Lipinski definition) is 5. The molecule has 1 unspecified atom stereocenters. The first-order valence-electron chi connectivity index (χ1n) is 10.8. The molecule has 1 saturated heterocycles. The quantitative estimate of drug-likeness (QED) is 0.565. The highest BCUT2D eigenvalue weighted by molar-refractivity contribution is 7.89. The summed E-state index contributed by atoms with van der Waals surface area (Å²) in [6.45, 7) is 2.76. The number of methoxy groups -OCH3 is 1. The molecule has 1 heterocycles. The molecule has 1 fully saturated rings. The van der Waals surface area contributed by atoms with Crippen molar-refractivity contribution in [3.8, 4) is 5.75 Å². The molecule has 1 atom stereocenters. The summed E-state index contributed by atoms with van der Waals surface area (Å²) in [7, 11) is 1.19. The average Bonchev–Trinajstić information content (AvgIpc) is 2.80. The van der Waals surface area contributed by atoms with Gasteiger partial charge in [0, 0.05) is 26.3 Å². The summed E-state index contributed by atoms with van der Waals surface area (Å²) in [6.07, 6.45) is 3.66. The van der Waals surface area contributed by atoms with Gasteiger partial charge in [-0.15, -0.1) is 0 Å². The first-order valence-corrected chi connectivity index (χ1v) is 12.6. The number of ether oxygens (including phenoxy) is 1. The van der Waals surface area contributed by atoms with Gasteiger partial charge in [0.2, 0.25) is 10.0 Å². The van der Waals surface area contributed by atoms with Gasteiger partial charge in [0.1, 0.15) is 5.75 Å². The van der Waals surface area contributed by atoms with E-state index in [0.717, 1.165) is 18.8 Å². The number of thiocarbonyl (C=S) groups is 1. The van der Waals surface area contributed by atoms with Crippen LogP contribution in [0.25, 0.3) is 0 Å². The number of rotatable bonds is 8. The molecular weight excluding hydrogens is 444 g/mol. The zero-order valence-corrected chi connectivity index (χ0v) is 20.5. The highest BCUT2D eigenvalue weighted by Crippen LogP contribution is 2.26. The monoisotopic (exact) mass is 476 g/mol. The maximum Gasteiger partial charge on any atom is 0.242 e. The summed E-state index contributed by atoms with van der Waals surface area (Å²) in [5.74, 6) is 0.837. The van der Waals surface area contributed by atoms with Crippen LogP contribution >= 0.6 is 12.2 Å². The Morgan fingerprint density at radius 3 is 2.44 bits per heavy atom. The Kier molecular flexibility index (Phi) is 8.47. The van der Waals surface area contributed by atoms with Crippen LogP contribution in [0.3, 0.4) is 0 Å². The minimum absolute atomic E-state index is 0.182. The average molecular weight is 477 g/mol. The molecule has 0 bridgehead atoms. The maximum absolute atomic E-state index is 12.4. The zero-order valence-electron chi connectivity index (χ0n) is 18.9. The van der Waals surface area contributed by atoms with Gasteiger partial charge in [0.15, 0.2) is 5.11 Å². The lowest BCUT2D eigenvalue weighted by molar-refractivity contribution is 0.164. The van der Waals surface area contributed by atoms with Crippen molar-refractivity contribution in [3.05, 3.63) is 54.1 Å². The van der Waals surface area contributed by atoms with Crippen LogP contribution in [-0.4, -0.2) is 63.6 Å². The van der Waals surface area contributed by atoms with E-state index in [1.54, 1.807) is 31.4 Å². The van der Waals surface area contributed by atoms with E-state index >= 15 is 0 Å². The van der Waals surface area contributed by atoms with Crippen molar-refractivity contribution in [3.63, 3.8) is 0 Å². The van der Waals surface area contributed by atoms with E-state index in [-0.39, 0.29) is 10.9 Å². The molecule has 2 aromatic rings. The van der Waals surface area contributed by atoms with Crippen LogP contribution in [0.2, 0.25) is 0 Å². The predicted molar refractivity (Wildman–Crippen MR) is 133 cm³/mol. The smallest absolute Gasteiger partial charge is 0.242 e. The lowest BCUT2D eigenvalue weighted by Crippen LogP contribution is -2.41. The number of piperidine rings is 1. The highest BCUT2D eigenvalue weighted by atomic mass is 32.2. The van der Waals surface area contributed by atoms with Gasteiger partial charge < -0.3 is 15.4 Å². The van der Waals surface area contributed by atoms with Crippen LogP contribution < -0.4 is 15.4 Å². The number of hydrogen-bond donors (Lipinski definition) is 2. The van der Waals surface area contributed by atoms with Crippen molar-refractivity contribution in [2.45, 2.75) is 30.2 Å². The Labute approximate surface area is 196 Å². The minimum atomic E-state index is -3.50. The molecule has 3 rings (SSSR count). The normalized spacial score (nSPS) is 15.9. The Bertz CT molecular complexity index is 1000.